The second-order valence-corrected chi connectivity index (χ2v) is 11.7. The number of fused-ring (bicyclic) bond motifs is 3. The highest BCUT2D eigenvalue weighted by Gasteiger charge is 2.51. The van der Waals surface area contributed by atoms with E-state index in [0.29, 0.717) is 0 Å². The molecule has 0 radical (unpaired) electrons. The van der Waals surface area contributed by atoms with E-state index >= 15 is 0 Å². The number of hydrogen-bond donors (Lipinski definition) is 0. The molecule has 0 bridgehead atoms. The van der Waals surface area contributed by atoms with E-state index in [2.05, 4.69) is 182 Å². The van der Waals surface area contributed by atoms with Crippen LogP contribution in [0.4, 0.5) is 0 Å². The maximum Gasteiger partial charge on any atom is 0.0409 e. The van der Waals surface area contributed by atoms with Crippen molar-refractivity contribution in [2.45, 2.75) is 11.3 Å². The smallest absolute Gasteiger partial charge is 0.0409 e. The van der Waals surface area contributed by atoms with Crippen molar-refractivity contribution in [2.75, 3.05) is 0 Å². The van der Waals surface area contributed by atoms with Gasteiger partial charge in [0.05, 0.1) is 0 Å². The minimum Gasteiger partial charge on any atom is -0.0764 e. The molecule has 0 heterocycles. The first-order valence-corrected chi connectivity index (χ1v) is 15.2. The van der Waals surface area contributed by atoms with Crippen molar-refractivity contribution in [3.05, 3.63) is 204 Å². The van der Waals surface area contributed by atoms with Gasteiger partial charge in [0, 0.05) is 17.3 Å². The van der Waals surface area contributed by atoms with Crippen LogP contribution in [0.25, 0.3) is 33.4 Å². The van der Waals surface area contributed by atoms with Crippen LogP contribution in [-0.4, -0.2) is 0 Å². The van der Waals surface area contributed by atoms with Crippen molar-refractivity contribution in [2.24, 2.45) is 5.92 Å². The lowest BCUT2D eigenvalue weighted by atomic mass is 9.56. The van der Waals surface area contributed by atoms with Gasteiger partial charge in [0.15, 0.2) is 0 Å². The van der Waals surface area contributed by atoms with Crippen LogP contribution >= 0.6 is 0 Å². The Kier molecular flexibility index (Phi) is 6.27. The number of hydrogen-bond acceptors (Lipinski definition) is 0. The number of rotatable bonds is 6. The molecule has 0 saturated heterocycles. The van der Waals surface area contributed by atoms with Crippen LogP contribution in [0.1, 0.15) is 28.2 Å². The van der Waals surface area contributed by atoms with E-state index in [4.69, 9.17) is 0 Å². The molecule has 0 fully saturated rings. The highest BCUT2D eigenvalue weighted by Crippen LogP contribution is 2.61. The third-order valence-electron chi connectivity index (χ3n) is 9.46. The number of benzene rings is 6. The highest BCUT2D eigenvalue weighted by atomic mass is 14.5. The summed E-state index contributed by atoms with van der Waals surface area (Å²) in [6, 6.07) is 58.3. The lowest BCUT2D eigenvalue weighted by Gasteiger charge is -2.45. The quantitative estimate of drug-likeness (QED) is 0.194. The predicted octanol–water partition coefficient (Wildman–Crippen LogP) is 10.9. The molecule has 0 unspecified atom stereocenters. The first kappa shape index (κ1) is 25.5. The van der Waals surface area contributed by atoms with Gasteiger partial charge in [-0.1, -0.05) is 170 Å². The Labute approximate surface area is 254 Å². The second-order valence-electron chi connectivity index (χ2n) is 11.7. The van der Waals surface area contributed by atoms with E-state index in [1.54, 1.807) is 0 Å². The van der Waals surface area contributed by atoms with Crippen LogP contribution in [0.5, 0.6) is 0 Å². The summed E-state index contributed by atoms with van der Waals surface area (Å²) in [7, 11) is 0. The van der Waals surface area contributed by atoms with Crippen molar-refractivity contribution in [3.63, 3.8) is 0 Å². The zero-order chi connectivity index (χ0) is 28.6. The fraction of sp³-hybridized carbons (Fsp3) is 0.0698. The molecular weight excluding hydrogens is 516 g/mol. The molecule has 0 N–H and O–H groups in total. The molecule has 0 saturated carbocycles. The average molecular weight is 549 g/mol. The molecular formula is C43H32. The summed E-state index contributed by atoms with van der Waals surface area (Å²) in [5, 5.41) is 0. The van der Waals surface area contributed by atoms with E-state index in [1.807, 2.05) is 0 Å². The topological polar surface area (TPSA) is 0 Å². The molecule has 2 aliphatic carbocycles. The van der Waals surface area contributed by atoms with E-state index in [1.165, 1.54) is 55.6 Å². The Morgan fingerprint density at radius 2 is 0.767 bits per heavy atom. The monoisotopic (exact) mass is 548 g/mol. The number of allylic oxidation sites excluding steroid dienone is 4. The van der Waals surface area contributed by atoms with Gasteiger partial charge in [-0.2, -0.15) is 0 Å². The fourth-order valence-electron chi connectivity index (χ4n) is 7.61. The largest absolute Gasteiger partial charge is 0.0764 e. The summed E-state index contributed by atoms with van der Waals surface area (Å²) in [4.78, 5) is 0. The van der Waals surface area contributed by atoms with E-state index in [0.717, 1.165) is 0 Å². The average Bonchev–Trinajstić information content (AvgIpc) is 3.74. The van der Waals surface area contributed by atoms with E-state index < -0.39 is 0 Å². The van der Waals surface area contributed by atoms with Crippen LogP contribution in [0.3, 0.4) is 0 Å². The molecule has 0 heteroatoms. The van der Waals surface area contributed by atoms with Gasteiger partial charge in [-0.15, -0.1) is 0 Å². The van der Waals surface area contributed by atoms with Crippen LogP contribution in [0, 0.1) is 5.92 Å². The van der Waals surface area contributed by atoms with Gasteiger partial charge in [-0.25, -0.2) is 0 Å². The lowest BCUT2D eigenvalue weighted by Crippen LogP contribution is -2.40. The third kappa shape index (κ3) is 4.14. The summed E-state index contributed by atoms with van der Waals surface area (Å²) in [5.41, 5.74) is 12.8. The molecule has 6 aromatic rings. The molecule has 204 valence electrons. The van der Waals surface area contributed by atoms with E-state index in [-0.39, 0.29) is 17.3 Å². The third-order valence-corrected chi connectivity index (χ3v) is 9.46. The summed E-state index contributed by atoms with van der Waals surface area (Å²) >= 11 is 0. The van der Waals surface area contributed by atoms with Crippen molar-refractivity contribution >= 4 is 0 Å². The lowest BCUT2D eigenvalue weighted by molar-refractivity contribution is 0.395. The second kappa shape index (κ2) is 10.6. The normalized spacial score (nSPS) is 14.1. The molecule has 8 rings (SSSR count). The Bertz CT molecular complexity index is 1810. The Balaban J connectivity index is 1.47. The Hall–Kier alpha value is -5.20. The molecule has 2 aliphatic rings. The Morgan fingerprint density at radius 1 is 0.372 bits per heavy atom. The molecule has 0 aromatic heterocycles. The van der Waals surface area contributed by atoms with Crippen LogP contribution in [0.2, 0.25) is 0 Å². The fourth-order valence-corrected chi connectivity index (χ4v) is 7.61. The highest BCUT2D eigenvalue weighted by molar-refractivity contribution is 5.86. The van der Waals surface area contributed by atoms with Crippen molar-refractivity contribution in [1.29, 1.82) is 0 Å². The maximum absolute atomic E-state index is 2.47. The zero-order valence-electron chi connectivity index (χ0n) is 24.0. The van der Waals surface area contributed by atoms with Crippen molar-refractivity contribution in [1.82, 2.24) is 0 Å². The van der Waals surface area contributed by atoms with Gasteiger partial charge < -0.3 is 0 Å². The molecule has 0 atom stereocenters. The summed E-state index contributed by atoms with van der Waals surface area (Å²) < 4.78 is 0. The molecule has 0 aliphatic heterocycles. The summed E-state index contributed by atoms with van der Waals surface area (Å²) in [6.45, 7) is 0. The van der Waals surface area contributed by atoms with Crippen LogP contribution in [0.15, 0.2) is 182 Å². The minimum atomic E-state index is -0.364. The van der Waals surface area contributed by atoms with Crippen LogP contribution < -0.4 is 0 Å². The van der Waals surface area contributed by atoms with Crippen molar-refractivity contribution in [3.8, 4) is 33.4 Å². The summed E-state index contributed by atoms with van der Waals surface area (Å²) in [5.74, 6) is 0.272. The first-order valence-electron chi connectivity index (χ1n) is 15.2. The molecule has 0 spiro atoms. The van der Waals surface area contributed by atoms with Gasteiger partial charge in [0.1, 0.15) is 0 Å². The van der Waals surface area contributed by atoms with Gasteiger partial charge in [-0.3, -0.25) is 0 Å². The van der Waals surface area contributed by atoms with Crippen molar-refractivity contribution < 1.29 is 0 Å². The van der Waals surface area contributed by atoms with Gasteiger partial charge >= 0.3 is 0 Å². The van der Waals surface area contributed by atoms with Gasteiger partial charge in [0.25, 0.3) is 0 Å². The van der Waals surface area contributed by atoms with E-state index in [9.17, 15) is 0 Å². The zero-order valence-corrected chi connectivity index (χ0v) is 24.0. The standard InChI is InChI=1S/C43H32/c1-5-15-31(16-6-1)33-25-27-38-39-28-26-34(32-17-7-2-8-18-32)30-41(39)42(40(38)29-33)43(37-23-13-14-24-37,35-19-9-3-10-20-35)36-21-11-4-12-22-36/h1-30,37,42H. The first-order chi connectivity index (χ1) is 21.3. The molecule has 0 nitrogen and oxygen atoms in total. The summed E-state index contributed by atoms with van der Waals surface area (Å²) in [6.07, 6.45) is 9.26. The molecule has 43 heavy (non-hydrogen) atoms. The SMILES string of the molecule is C1=CC(C(c2ccccc2)(c2ccccc2)C2c3cc(-c4ccccc4)ccc3-c3ccc(-c4ccccc4)cc32)C=C1. The Morgan fingerprint density at radius 3 is 1.19 bits per heavy atom. The predicted molar refractivity (Wildman–Crippen MR) is 180 cm³/mol. The molecule has 0 amide bonds. The maximum atomic E-state index is 2.47. The van der Waals surface area contributed by atoms with Crippen LogP contribution in [-0.2, 0) is 5.41 Å². The van der Waals surface area contributed by atoms with Gasteiger partial charge in [-0.05, 0) is 67.8 Å². The molecule has 6 aromatic carbocycles. The minimum absolute atomic E-state index is 0.0898. The van der Waals surface area contributed by atoms with Gasteiger partial charge in [0.2, 0.25) is 0 Å².